The van der Waals surface area contributed by atoms with E-state index in [1.54, 1.807) is 0 Å². The van der Waals surface area contributed by atoms with Crippen LogP contribution >= 0.6 is 0 Å². The second kappa shape index (κ2) is 14.7. The molecule has 0 aliphatic rings. The Morgan fingerprint density at radius 1 is 1.29 bits per heavy atom. The van der Waals surface area contributed by atoms with Crippen molar-refractivity contribution in [2.45, 2.75) is 45.4 Å². The van der Waals surface area contributed by atoms with Crippen LogP contribution in [-0.4, -0.2) is 17.8 Å². The van der Waals surface area contributed by atoms with Crippen molar-refractivity contribution < 1.29 is 14.3 Å². The van der Waals surface area contributed by atoms with Crippen molar-refractivity contribution >= 4 is 5.97 Å². The van der Waals surface area contributed by atoms with E-state index in [9.17, 15) is 9.18 Å². The summed E-state index contributed by atoms with van der Waals surface area (Å²) in [6.45, 7) is 5.02. The lowest BCUT2D eigenvalue weighted by molar-refractivity contribution is -0.131. The van der Waals surface area contributed by atoms with Crippen molar-refractivity contribution in [3.63, 3.8) is 0 Å². The lowest BCUT2D eigenvalue weighted by atomic mass is 10.1. The lowest BCUT2D eigenvalue weighted by Crippen LogP contribution is -1.82. The van der Waals surface area contributed by atoms with Crippen LogP contribution in [-0.2, 0) is 4.79 Å². The minimum absolute atomic E-state index is 0.133. The van der Waals surface area contributed by atoms with Crippen LogP contribution in [0.1, 0.15) is 45.4 Å². The van der Waals surface area contributed by atoms with Gasteiger partial charge in [-0.3, -0.25) is 4.39 Å². The molecule has 0 saturated carbocycles. The standard InChI is InChI=1S/C8H17F.C3H4O2/c1-2-3-4-5-6-7-8-9;1-2-3(4)5/h2-8H2,1H3;2H,1H2,(H,4,5). The number of halogens is 1. The quantitative estimate of drug-likeness (QED) is 0.508. The Labute approximate surface area is 85.8 Å². The monoisotopic (exact) mass is 204 g/mol. The van der Waals surface area contributed by atoms with E-state index < -0.39 is 5.97 Å². The van der Waals surface area contributed by atoms with Crippen molar-refractivity contribution in [3.8, 4) is 0 Å². The summed E-state index contributed by atoms with van der Waals surface area (Å²) in [5, 5.41) is 7.60. The SMILES string of the molecule is C=CC(=O)O.CCCCCCCCF. The van der Waals surface area contributed by atoms with Crippen molar-refractivity contribution in [1.82, 2.24) is 0 Å². The number of hydrogen-bond acceptors (Lipinski definition) is 1. The van der Waals surface area contributed by atoms with Crippen LogP contribution in [0.2, 0.25) is 0 Å². The summed E-state index contributed by atoms with van der Waals surface area (Å²) in [5.41, 5.74) is 0. The fourth-order valence-corrected chi connectivity index (χ4v) is 0.875. The predicted molar refractivity (Wildman–Crippen MR) is 57.2 cm³/mol. The van der Waals surface area contributed by atoms with Crippen molar-refractivity contribution in [3.05, 3.63) is 12.7 Å². The summed E-state index contributed by atoms with van der Waals surface area (Å²) >= 11 is 0. The van der Waals surface area contributed by atoms with Gasteiger partial charge >= 0.3 is 5.97 Å². The molecule has 0 saturated heterocycles. The van der Waals surface area contributed by atoms with Gasteiger partial charge < -0.3 is 5.11 Å². The predicted octanol–water partition coefficient (Wildman–Crippen LogP) is 3.57. The van der Waals surface area contributed by atoms with Gasteiger partial charge in [-0.05, 0) is 6.42 Å². The molecule has 3 heteroatoms. The molecule has 0 aliphatic carbocycles. The molecule has 0 aromatic rings. The summed E-state index contributed by atoms with van der Waals surface area (Å²) in [7, 11) is 0. The zero-order valence-electron chi connectivity index (χ0n) is 8.97. The van der Waals surface area contributed by atoms with Gasteiger partial charge in [0, 0.05) is 6.08 Å². The van der Waals surface area contributed by atoms with E-state index >= 15 is 0 Å². The van der Waals surface area contributed by atoms with Gasteiger partial charge in [0.25, 0.3) is 0 Å². The molecule has 0 heterocycles. The molecule has 0 atom stereocenters. The molecule has 0 aromatic heterocycles. The topological polar surface area (TPSA) is 37.3 Å². The number of alkyl halides is 1. The Kier molecular flexibility index (Phi) is 16.3. The molecule has 0 spiro atoms. The van der Waals surface area contributed by atoms with Gasteiger partial charge in [-0.2, -0.15) is 0 Å². The molecule has 0 bridgehead atoms. The number of carboxylic acid groups (broad SMARTS) is 1. The summed E-state index contributed by atoms with van der Waals surface area (Å²) in [6.07, 6.45) is 7.77. The maximum absolute atomic E-state index is 11.5. The second-order valence-corrected chi connectivity index (χ2v) is 3.00. The fraction of sp³-hybridized carbons (Fsp3) is 0.727. The first kappa shape index (κ1) is 15.6. The maximum Gasteiger partial charge on any atom is 0.327 e. The van der Waals surface area contributed by atoms with Gasteiger partial charge in [0.2, 0.25) is 0 Å². The Morgan fingerprint density at radius 2 is 1.71 bits per heavy atom. The van der Waals surface area contributed by atoms with Gasteiger partial charge in [0.05, 0.1) is 6.67 Å². The van der Waals surface area contributed by atoms with Gasteiger partial charge in [-0.1, -0.05) is 45.6 Å². The number of rotatable bonds is 7. The van der Waals surface area contributed by atoms with Gasteiger partial charge in [0.1, 0.15) is 0 Å². The highest BCUT2D eigenvalue weighted by molar-refractivity contribution is 5.78. The minimum Gasteiger partial charge on any atom is -0.478 e. The molecule has 0 aliphatic heterocycles. The van der Waals surface area contributed by atoms with E-state index in [4.69, 9.17) is 5.11 Å². The lowest BCUT2D eigenvalue weighted by Gasteiger charge is -1.95. The van der Waals surface area contributed by atoms with Gasteiger partial charge in [0.15, 0.2) is 0 Å². The Hall–Kier alpha value is -0.860. The van der Waals surface area contributed by atoms with Crippen molar-refractivity contribution in [2.24, 2.45) is 0 Å². The van der Waals surface area contributed by atoms with E-state index in [0.29, 0.717) is 0 Å². The summed E-state index contributed by atoms with van der Waals surface area (Å²) in [4.78, 5) is 9.25. The number of unbranched alkanes of at least 4 members (excludes halogenated alkanes) is 5. The normalized spacial score (nSPS) is 8.71. The smallest absolute Gasteiger partial charge is 0.327 e. The van der Waals surface area contributed by atoms with Crippen LogP contribution in [0, 0.1) is 0 Å². The molecule has 84 valence electrons. The van der Waals surface area contributed by atoms with Crippen molar-refractivity contribution in [1.29, 1.82) is 0 Å². The Bertz CT molecular complexity index is 129. The van der Waals surface area contributed by atoms with E-state index in [2.05, 4.69) is 13.5 Å². The molecule has 0 aromatic carbocycles. The van der Waals surface area contributed by atoms with Crippen LogP contribution < -0.4 is 0 Å². The maximum atomic E-state index is 11.5. The van der Waals surface area contributed by atoms with Gasteiger partial charge in [-0.15, -0.1) is 0 Å². The van der Waals surface area contributed by atoms with Crippen molar-refractivity contribution in [2.75, 3.05) is 6.67 Å². The van der Waals surface area contributed by atoms with Gasteiger partial charge in [-0.25, -0.2) is 4.79 Å². The number of carboxylic acids is 1. The van der Waals surface area contributed by atoms with Crippen LogP contribution in [0.25, 0.3) is 0 Å². The highest BCUT2D eigenvalue weighted by Gasteiger charge is 1.87. The molecular formula is C11H21FO2. The van der Waals surface area contributed by atoms with E-state index in [1.165, 1.54) is 25.7 Å². The molecule has 2 nitrogen and oxygen atoms in total. The molecule has 1 N–H and O–H groups in total. The molecule has 0 amide bonds. The molecule has 14 heavy (non-hydrogen) atoms. The number of hydrogen-bond donors (Lipinski definition) is 1. The molecule has 0 fully saturated rings. The van der Waals surface area contributed by atoms with E-state index in [1.807, 2.05) is 0 Å². The third-order valence-electron chi connectivity index (χ3n) is 1.66. The zero-order chi connectivity index (χ0) is 11.2. The third-order valence-corrected chi connectivity index (χ3v) is 1.66. The summed E-state index contributed by atoms with van der Waals surface area (Å²) in [6, 6.07) is 0. The summed E-state index contributed by atoms with van der Waals surface area (Å²) < 4.78 is 11.5. The first-order valence-corrected chi connectivity index (χ1v) is 5.10. The third kappa shape index (κ3) is 22.5. The first-order valence-electron chi connectivity index (χ1n) is 5.10. The average molecular weight is 204 g/mol. The summed E-state index contributed by atoms with van der Waals surface area (Å²) in [5.74, 6) is -0.981. The second-order valence-electron chi connectivity index (χ2n) is 3.00. The van der Waals surface area contributed by atoms with Crippen LogP contribution in [0.4, 0.5) is 4.39 Å². The zero-order valence-corrected chi connectivity index (χ0v) is 8.97. The Morgan fingerprint density at radius 3 is 2.07 bits per heavy atom. The minimum atomic E-state index is -0.981. The molecule has 0 unspecified atom stereocenters. The average Bonchev–Trinajstić information content (AvgIpc) is 2.19. The highest BCUT2D eigenvalue weighted by atomic mass is 19.1. The highest BCUT2D eigenvalue weighted by Crippen LogP contribution is 2.04. The van der Waals surface area contributed by atoms with E-state index in [-0.39, 0.29) is 6.67 Å². The molecular weight excluding hydrogens is 183 g/mol. The van der Waals surface area contributed by atoms with Crippen LogP contribution in [0.5, 0.6) is 0 Å². The fourth-order valence-electron chi connectivity index (χ4n) is 0.875. The first-order chi connectivity index (χ1) is 6.68. The largest absolute Gasteiger partial charge is 0.478 e. The van der Waals surface area contributed by atoms with Crippen LogP contribution in [0.15, 0.2) is 12.7 Å². The molecule has 0 rings (SSSR count). The number of carbonyl (C=O) groups is 1. The van der Waals surface area contributed by atoms with Crippen LogP contribution in [0.3, 0.4) is 0 Å². The number of aliphatic carboxylic acids is 1. The van der Waals surface area contributed by atoms with E-state index in [0.717, 1.165) is 18.9 Å². The Balaban J connectivity index is 0. The molecule has 0 radical (unpaired) electrons.